The van der Waals surface area contributed by atoms with Crippen LogP contribution >= 0.6 is 11.6 Å². The van der Waals surface area contributed by atoms with Crippen LogP contribution < -0.4 is 15.4 Å². The minimum absolute atomic E-state index is 0.0171. The molecule has 0 saturated carbocycles. The Labute approximate surface area is 130 Å². The number of hydrogen-bond donors (Lipinski definition) is 2. The van der Waals surface area contributed by atoms with Gasteiger partial charge in [0.15, 0.2) is 6.61 Å². The number of nitrogens with one attached hydrogen (secondary N) is 2. The number of carbonyl (C=O) groups is 2. The highest BCUT2D eigenvalue weighted by Gasteiger charge is 2.03. The lowest BCUT2D eigenvalue weighted by Gasteiger charge is -2.08. The van der Waals surface area contributed by atoms with Crippen molar-refractivity contribution in [3.63, 3.8) is 0 Å². The molecule has 0 aromatic heterocycles. The molecule has 0 aliphatic heterocycles. The Bertz CT molecular complexity index is 449. The van der Waals surface area contributed by atoms with Crippen molar-refractivity contribution in [2.24, 2.45) is 0 Å². The van der Waals surface area contributed by atoms with Gasteiger partial charge in [0.2, 0.25) is 5.91 Å². The fourth-order valence-corrected chi connectivity index (χ4v) is 1.69. The molecule has 0 saturated heterocycles. The van der Waals surface area contributed by atoms with Gasteiger partial charge in [-0.1, -0.05) is 24.9 Å². The molecule has 2 N–H and O–H groups in total. The lowest BCUT2D eigenvalue weighted by Crippen LogP contribution is -2.36. The zero-order valence-electron chi connectivity index (χ0n) is 12.2. The van der Waals surface area contributed by atoms with E-state index in [9.17, 15) is 9.59 Å². The topological polar surface area (TPSA) is 67.4 Å². The summed E-state index contributed by atoms with van der Waals surface area (Å²) in [5.41, 5.74) is 0. The summed E-state index contributed by atoms with van der Waals surface area (Å²) in [7, 11) is 0. The number of amides is 2. The second-order valence-electron chi connectivity index (χ2n) is 4.55. The maximum atomic E-state index is 11.5. The lowest BCUT2D eigenvalue weighted by molar-refractivity contribution is -0.124. The molecular formula is C15H21ClN2O3. The van der Waals surface area contributed by atoms with Gasteiger partial charge in [-0.05, 0) is 30.7 Å². The zero-order valence-corrected chi connectivity index (χ0v) is 12.9. The van der Waals surface area contributed by atoms with Crippen molar-refractivity contribution in [1.82, 2.24) is 10.6 Å². The molecule has 0 fully saturated rings. The van der Waals surface area contributed by atoms with Gasteiger partial charge in [-0.15, -0.1) is 0 Å². The summed E-state index contributed by atoms with van der Waals surface area (Å²) in [6, 6.07) is 6.79. The van der Waals surface area contributed by atoms with Crippen molar-refractivity contribution in [1.29, 1.82) is 0 Å². The van der Waals surface area contributed by atoms with Gasteiger partial charge in [0.1, 0.15) is 5.75 Å². The second kappa shape index (κ2) is 10.0. The Morgan fingerprint density at radius 3 is 2.33 bits per heavy atom. The summed E-state index contributed by atoms with van der Waals surface area (Å²) < 4.78 is 5.30. The van der Waals surface area contributed by atoms with Crippen molar-refractivity contribution in [3.05, 3.63) is 29.3 Å². The molecule has 0 unspecified atom stereocenters. The molecule has 0 atom stereocenters. The van der Waals surface area contributed by atoms with Crippen LogP contribution in [0.5, 0.6) is 5.75 Å². The summed E-state index contributed by atoms with van der Waals surface area (Å²) in [5.74, 6) is 0.374. The van der Waals surface area contributed by atoms with Crippen LogP contribution in [0.25, 0.3) is 0 Å². The number of benzene rings is 1. The van der Waals surface area contributed by atoms with Crippen LogP contribution in [0.3, 0.4) is 0 Å². The van der Waals surface area contributed by atoms with Crippen LogP contribution in [0.2, 0.25) is 5.02 Å². The summed E-state index contributed by atoms with van der Waals surface area (Å²) in [4.78, 5) is 22.9. The molecule has 1 aromatic rings. The number of carbonyl (C=O) groups excluding carboxylic acids is 2. The van der Waals surface area contributed by atoms with E-state index in [2.05, 4.69) is 10.6 Å². The number of halogens is 1. The van der Waals surface area contributed by atoms with Crippen LogP contribution in [0, 0.1) is 0 Å². The van der Waals surface area contributed by atoms with Crippen molar-refractivity contribution >= 4 is 23.4 Å². The fraction of sp³-hybridized carbons (Fsp3) is 0.467. The van der Waals surface area contributed by atoms with E-state index < -0.39 is 0 Å². The van der Waals surface area contributed by atoms with Gasteiger partial charge >= 0.3 is 0 Å². The molecule has 5 nitrogen and oxygen atoms in total. The first-order valence-electron chi connectivity index (χ1n) is 7.03. The Hall–Kier alpha value is -1.75. The van der Waals surface area contributed by atoms with Crippen molar-refractivity contribution in [2.75, 3.05) is 19.7 Å². The average molecular weight is 313 g/mol. The maximum absolute atomic E-state index is 11.5. The molecule has 2 amide bonds. The zero-order chi connectivity index (χ0) is 15.5. The fourth-order valence-electron chi connectivity index (χ4n) is 1.56. The van der Waals surface area contributed by atoms with Crippen LogP contribution in [0.1, 0.15) is 26.2 Å². The highest BCUT2D eigenvalue weighted by atomic mass is 35.5. The highest BCUT2D eigenvalue weighted by molar-refractivity contribution is 6.30. The summed E-state index contributed by atoms with van der Waals surface area (Å²) in [5, 5.41) is 6.03. The van der Waals surface area contributed by atoms with Gasteiger partial charge in [-0.3, -0.25) is 9.59 Å². The van der Waals surface area contributed by atoms with E-state index in [1.807, 2.05) is 6.92 Å². The predicted octanol–water partition coefficient (Wildman–Crippen LogP) is 2.14. The molecule has 0 aliphatic rings. The normalized spacial score (nSPS) is 10.0. The summed E-state index contributed by atoms with van der Waals surface area (Å²) >= 11 is 5.75. The van der Waals surface area contributed by atoms with E-state index in [-0.39, 0.29) is 18.4 Å². The van der Waals surface area contributed by atoms with Crippen molar-refractivity contribution in [3.8, 4) is 5.75 Å². The highest BCUT2D eigenvalue weighted by Crippen LogP contribution is 2.15. The number of ether oxygens (including phenoxy) is 1. The standard InChI is InChI=1S/C15H21ClN2O3/c1-2-3-4-14(19)17-9-10-18-15(20)11-21-13-7-5-12(16)6-8-13/h5-8H,2-4,9-11H2,1H3,(H,17,19)(H,18,20). The Kier molecular flexibility index (Phi) is 8.28. The maximum Gasteiger partial charge on any atom is 0.258 e. The molecule has 0 aliphatic carbocycles. The molecule has 21 heavy (non-hydrogen) atoms. The van der Waals surface area contributed by atoms with Gasteiger partial charge in [0.05, 0.1) is 0 Å². The number of unbranched alkanes of at least 4 members (excludes halogenated alkanes) is 1. The third-order valence-electron chi connectivity index (χ3n) is 2.71. The third kappa shape index (κ3) is 8.19. The van der Waals surface area contributed by atoms with Gasteiger partial charge in [-0.25, -0.2) is 0 Å². The molecule has 0 spiro atoms. The SMILES string of the molecule is CCCCC(=O)NCCNC(=O)COc1ccc(Cl)cc1. The number of hydrogen-bond acceptors (Lipinski definition) is 3. The molecule has 0 heterocycles. The van der Waals surface area contributed by atoms with E-state index in [1.54, 1.807) is 24.3 Å². The monoisotopic (exact) mass is 312 g/mol. The van der Waals surface area contributed by atoms with E-state index in [1.165, 1.54) is 0 Å². The van der Waals surface area contributed by atoms with Gasteiger partial charge in [-0.2, -0.15) is 0 Å². The van der Waals surface area contributed by atoms with Gasteiger partial charge in [0.25, 0.3) is 5.91 Å². The predicted molar refractivity (Wildman–Crippen MR) is 82.5 cm³/mol. The quantitative estimate of drug-likeness (QED) is 0.687. The van der Waals surface area contributed by atoms with Crippen LogP contribution in [0.4, 0.5) is 0 Å². The van der Waals surface area contributed by atoms with Gasteiger partial charge in [0, 0.05) is 24.5 Å². The molecule has 1 aromatic carbocycles. The molecule has 0 bridgehead atoms. The Morgan fingerprint density at radius 1 is 1.10 bits per heavy atom. The minimum Gasteiger partial charge on any atom is -0.484 e. The first kappa shape index (κ1) is 17.3. The summed E-state index contributed by atoms with van der Waals surface area (Å²) in [6.45, 7) is 2.79. The van der Waals surface area contributed by atoms with Crippen LogP contribution in [-0.2, 0) is 9.59 Å². The van der Waals surface area contributed by atoms with Crippen molar-refractivity contribution < 1.29 is 14.3 Å². The third-order valence-corrected chi connectivity index (χ3v) is 2.96. The average Bonchev–Trinajstić information content (AvgIpc) is 2.49. The minimum atomic E-state index is -0.229. The smallest absolute Gasteiger partial charge is 0.258 e. The van der Waals surface area contributed by atoms with E-state index in [4.69, 9.17) is 16.3 Å². The Morgan fingerprint density at radius 2 is 1.71 bits per heavy atom. The summed E-state index contributed by atoms with van der Waals surface area (Å²) in [6.07, 6.45) is 2.41. The largest absolute Gasteiger partial charge is 0.484 e. The van der Waals surface area contributed by atoms with Crippen LogP contribution in [0.15, 0.2) is 24.3 Å². The number of rotatable bonds is 9. The first-order valence-corrected chi connectivity index (χ1v) is 7.41. The van der Waals surface area contributed by atoms with E-state index in [0.29, 0.717) is 30.3 Å². The van der Waals surface area contributed by atoms with E-state index >= 15 is 0 Å². The first-order chi connectivity index (χ1) is 10.1. The lowest BCUT2D eigenvalue weighted by atomic mass is 10.2. The molecule has 0 radical (unpaired) electrons. The second-order valence-corrected chi connectivity index (χ2v) is 4.98. The van der Waals surface area contributed by atoms with Crippen LogP contribution in [-0.4, -0.2) is 31.5 Å². The molecule has 116 valence electrons. The molecular weight excluding hydrogens is 292 g/mol. The molecule has 1 rings (SSSR count). The van der Waals surface area contributed by atoms with Gasteiger partial charge < -0.3 is 15.4 Å². The molecule has 6 heteroatoms. The van der Waals surface area contributed by atoms with Crippen molar-refractivity contribution in [2.45, 2.75) is 26.2 Å². The van der Waals surface area contributed by atoms with E-state index in [0.717, 1.165) is 12.8 Å². The Balaban J connectivity index is 2.08.